The van der Waals surface area contributed by atoms with Gasteiger partial charge in [-0.2, -0.15) is 0 Å². The Balaban J connectivity index is 2.07. The van der Waals surface area contributed by atoms with Crippen molar-refractivity contribution in [1.82, 2.24) is 0 Å². The third-order valence-corrected chi connectivity index (χ3v) is 3.92. The Kier molecular flexibility index (Phi) is 5.57. The molecule has 0 atom stereocenters. The molecule has 0 saturated carbocycles. The van der Waals surface area contributed by atoms with Crippen molar-refractivity contribution in [2.75, 3.05) is 13.7 Å². The van der Waals surface area contributed by atoms with Gasteiger partial charge in [0, 0.05) is 10.0 Å². The van der Waals surface area contributed by atoms with Crippen molar-refractivity contribution < 1.29 is 19.1 Å². The number of halogens is 2. The monoisotopic (exact) mass is 382 g/mol. The zero-order valence-corrected chi connectivity index (χ0v) is 14.0. The Labute approximate surface area is 141 Å². The van der Waals surface area contributed by atoms with Crippen molar-refractivity contribution in [1.29, 1.82) is 0 Å². The van der Waals surface area contributed by atoms with E-state index in [-0.39, 0.29) is 18.0 Å². The van der Waals surface area contributed by atoms with E-state index in [1.54, 1.807) is 36.4 Å². The van der Waals surface area contributed by atoms with Gasteiger partial charge in [0.25, 0.3) is 0 Å². The third-order valence-electron chi connectivity index (χ3n) is 2.90. The van der Waals surface area contributed by atoms with Crippen molar-refractivity contribution in [3.63, 3.8) is 0 Å². The van der Waals surface area contributed by atoms with Crippen LogP contribution in [0.5, 0.6) is 5.75 Å². The number of esters is 1. The number of hydrogen-bond acceptors (Lipinski definition) is 4. The van der Waals surface area contributed by atoms with E-state index in [0.717, 1.165) is 0 Å². The predicted octanol–water partition coefficient (Wildman–Crippen LogP) is 4.15. The van der Waals surface area contributed by atoms with Crippen molar-refractivity contribution in [2.24, 2.45) is 0 Å². The number of methoxy groups -OCH3 is 1. The molecule has 0 heterocycles. The van der Waals surface area contributed by atoms with Crippen LogP contribution >= 0.6 is 27.5 Å². The zero-order valence-electron chi connectivity index (χ0n) is 11.6. The highest BCUT2D eigenvalue weighted by Crippen LogP contribution is 2.23. The van der Waals surface area contributed by atoms with E-state index < -0.39 is 5.97 Å². The van der Waals surface area contributed by atoms with Gasteiger partial charge in [-0.25, -0.2) is 4.79 Å². The fraction of sp³-hybridized carbons (Fsp3) is 0.125. The van der Waals surface area contributed by atoms with Gasteiger partial charge < -0.3 is 9.47 Å². The lowest BCUT2D eigenvalue weighted by atomic mass is 10.1. The molecule has 0 amide bonds. The summed E-state index contributed by atoms with van der Waals surface area (Å²) in [6.45, 7) is -0.383. The lowest BCUT2D eigenvalue weighted by Gasteiger charge is -2.08. The highest BCUT2D eigenvalue weighted by Gasteiger charge is 2.16. The van der Waals surface area contributed by atoms with Crippen molar-refractivity contribution in [2.45, 2.75) is 0 Å². The Bertz CT molecular complexity index is 715. The molecule has 6 heteroatoms. The van der Waals surface area contributed by atoms with E-state index in [1.807, 2.05) is 0 Å². The number of benzene rings is 2. The second-order valence-electron chi connectivity index (χ2n) is 4.32. The van der Waals surface area contributed by atoms with Gasteiger partial charge in [-0.05, 0) is 46.3 Å². The number of Topliss-reactive ketones (excluding diaryl/α,β-unsaturated/α-hetero) is 1. The predicted molar refractivity (Wildman–Crippen MR) is 86.8 cm³/mol. The minimum absolute atomic E-state index is 0.284. The van der Waals surface area contributed by atoms with E-state index in [9.17, 15) is 9.59 Å². The minimum atomic E-state index is -0.619. The highest BCUT2D eigenvalue weighted by molar-refractivity contribution is 9.10. The minimum Gasteiger partial charge on any atom is -0.497 e. The molecule has 0 radical (unpaired) electrons. The molecule has 0 aliphatic heterocycles. The summed E-state index contributed by atoms with van der Waals surface area (Å²) in [5.41, 5.74) is 0.605. The Morgan fingerprint density at radius 2 is 1.86 bits per heavy atom. The first kappa shape index (κ1) is 16.5. The van der Waals surface area contributed by atoms with Crippen LogP contribution in [-0.4, -0.2) is 25.5 Å². The van der Waals surface area contributed by atoms with Gasteiger partial charge in [0.2, 0.25) is 5.78 Å². The summed E-state index contributed by atoms with van der Waals surface area (Å²) < 4.78 is 10.7. The maximum Gasteiger partial charge on any atom is 0.339 e. The summed E-state index contributed by atoms with van der Waals surface area (Å²) in [5.74, 6) is -0.461. The molecule has 2 rings (SSSR count). The van der Waals surface area contributed by atoms with Gasteiger partial charge in [0.1, 0.15) is 5.75 Å². The van der Waals surface area contributed by atoms with Crippen LogP contribution in [0.2, 0.25) is 5.02 Å². The molecule has 114 valence electrons. The molecular formula is C16H12BrClO4. The van der Waals surface area contributed by atoms with Crippen LogP contribution in [-0.2, 0) is 4.74 Å². The van der Waals surface area contributed by atoms with Crippen LogP contribution in [0.15, 0.2) is 46.9 Å². The fourth-order valence-corrected chi connectivity index (χ4v) is 2.41. The number of hydrogen-bond donors (Lipinski definition) is 0. The van der Waals surface area contributed by atoms with E-state index in [0.29, 0.717) is 20.8 Å². The molecule has 0 fully saturated rings. The van der Waals surface area contributed by atoms with Crippen molar-refractivity contribution >= 4 is 39.3 Å². The Hall–Kier alpha value is -1.85. The second kappa shape index (κ2) is 7.42. The summed E-state index contributed by atoms with van der Waals surface area (Å²) >= 11 is 9.19. The fourth-order valence-electron chi connectivity index (χ4n) is 1.76. The van der Waals surface area contributed by atoms with Crippen LogP contribution in [0.25, 0.3) is 0 Å². The molecule has 0 N–H and O–H groups in total. The van der Waals surface area contributed by atoms with E-state index in [2.05, 4.69) is 15.9 Å². The van der Waals surface area contributed by atoms with Crippen LogP contribution in [0.3, 0.4) is 0 Å². The molecule has 0 aliphatic carbocycles. The summed E-state index contributed by atoms with van der Waals surface area (Å²) in [6.07, 6.45) is 0. The van der Waals surface area contributed by atoms with Gasteiger partial charge in [-0.1, -0.05) is 23.7 Å². The molecule has 0 saturated heterocycles. The maximum absolute atomic E-state index is 12.1. The summed E-state index contributed by atoms with van der Waals surface area (Å²) in [7, 11) is 1.50. The molecule has 0 aliphatic rings. The van der Waals surface area contributed by atoms with Gasteiger partial charge in [0.05, 0.1) is 17.7 Å². The summed E-state index contributed by atoms with van der Waals surface area (Å²) in [6, 6.07) is 11.5. The number of carbonyl (C=O) groups excluding carboxylic acids is 2. The van der Waals surface area contributed by atoms with Gasteiger partial charge in [-0.3, -0.25) is 4.79 Å². The van der Waals surface area contributed by atoms with Crippen molar-refractivity contribution in [3.8, 4) is 5.75 Å². The molecule has 0 bridgehead atoms. The van der Waals surface area contributed by atoms with Gasteiger partial charge in [0.15, 0.2) is 6.61 Å². The summed E-state index contributed by atoms with van der Waals surface area (Å²) in [5, 5.41) is 0.325. The molecule has 0 unspecified atom stereocenters. The number of ether oxygens (including phenoxy) is 2. The van der Waals surface area contributed by atoms with E-state index in [4.69, 9.17) is 21.1 Å². The van der Waals surface area contributed by atoms with Crippen LogP contribution in [0.1, 0.15) is 20.7 Å². The Morgan fingerprint density at radius 3 is 2.55 bits per heavy atom. The maximum atomic E-state index is 12.1. The van der Waals surface area contributed by atoms with Crippen molar-refractivity contribution in [3.05, 3.63) is 63.1 Å². The molecule has 0 aromatic heterocycles. The molecule has 22 heavy (non-hydrogen) atoms. The average Bonchev–Trinajstić information content (AvgIpc) is 2.53. The number of ketones is 1. The quantitative estimate of drug-likeness (QED) is 0.575. The zero-order chi connectivity index (χ0) is 16.1. The molecule has 2 aromatic rings. The standard InChI is InChI=1S/C16H12BrClO4/c1-21-10-6-7-13(17)12(8-10)16(20)22-9-15(19)11-4-2-3-5-14(11)18/h2-8H,9H2,1H3. The molecule has 4 nitrogen and oxygen atoms in total. The lowest BCUT2D eigenvalue weighted by Crippen LogP contribution is -2.15. The van der Waals surface area contributed by atoms with Gasteiger partial charge >= 0.3 is 5.97 Å². The second-order valence-corrected chi connectivity index (χ2v) is 5.59. The SMILES string of the molecule is COc1ccc(Br)c(C(=O)OCC(=O)c2ccccc2Cl)c1. The smallest absolute Gasteiger partial charge is 0.339 e. The van der Waals surface area contributed by atoms with E-state index in [1.165, 1.54) is 13.2 Å². The van der Waals surface area contributed by atoms with Crippen LogP contribution < -0.4 is 4.74 Å². The topological polar surface area (TPSA) is 52.6 Å². The first-order chi connectivity index (χ1) is 10.5. The first-order valence-corrected chi connectivity index (χ1v) is 7.48. The van der Waals surface area contributed by atoms with Gasteiger partial charge in [-0.15, -0.1) is 0 Å². The number of carbonyl (C=O) groups is 2. The molecular weight excluding hydrogens is 372 g/mol. The highest BCUT2D eigenvalue weighted by atomic mass is 79.9. The first-order valence-electron chi connectivity index (χ1n) is 6.31. The molecule has 2 aromatic carbocycles. The van der Waals surface area contributed by atoms with E-state index >= 15 is 0 Å². The normalized spacial score (nSPS) is 10.1. The average molecular weight is 384 g/mol. The molecule has 0 spiro atoms. The lowest BCUT2D eigenvalue weighted by molar-refractivity contribution is 0.0473. The van der Waals surface area contributed by atoms with Crippen LogP contribution in [0, 0.1) is 0 Å². The third kappa shape index (κ3) is 3.87. The van der Waals surface area contributed by atoms with Crippen LogP contribution in [0.4, 0.5) is 0 Å². The number of rotatable bonds is 5. The Morgan fingerprint density at radius 1 is 1.14 bits per heavy atom. The summed E-state index contributed by atoms with van der Waals surface area (Å²) in [4.78, 5) is 24.1. The largest absolute Gasteiger partial charge is 0.497 e.